The first-order valence-corrected chi connectivity index (χ1v) is 4.61. The van der Waals surface area contributed by atoms with Crippen LogP contribution in [-0.2, 0) is 4.74 Å². The maximum atomic E-state index is 8.74. The van der Waals surface area contributed by atoms with Crippen molar-refractivity contribution in [1.82, 2.24) is 4.98 Å². The van der Waals surface area contributed by atoms with Crippen LogP contribution in [-0.4, -0.2) is 11.1 Å². The van der Waals surface area contributed by atoms with Crippen LogP contribution < -0.4 is 0 Å². The minimum atomic E-state index is -0.517. The van der Waals surface area contributed by atoms with Gasteiger partial charge >= 0.3 is 0 Å². The highest BCUT2D eigenvalue weighted by atomic mass is 32.1. The van der Waals surface area contributed by atoms with Crippen LogP contribution in [0.1, 0.15) is 25.6 Å². The highest BCUT2D eigenvalue weighted by Gasteiger charge is 2.13. The smallest absolute Gasteiger partial charge is 0.186 e. The fourth-order valence-electron chi connectivity index (χ4n) is 0.790. The number of thiazole rings is 1. The van der Waals surface area contributed by atoms with E-state index in [1.807, 2.05) is 19.2 Å². The van der Waals surface area contributed by atoms with Crippen molar-refractivity contribution in [2.45, 2.75) is 26.1 Å². The van der Waals surface area contributed by atoms with Gasteiger partial charge in [-0.15, -0.1) is 11.3 Å². The monoisotopic (exact) mass is 182 g/mol. The van der Waals surface area contributed by atoms with Gasteiger partial charge in [0.15, 0.2) is 6.10 Å². The third-order valence-electron chi connectivity index (χ3n) is 1.25. The van der Waals surface area contributed by atoms with Crippen molar-refractivity contribution in [3.05, 3.63) is 16.6 Å². The highest BCUT2D eigenvalue weighted by molar-refractivity contribution is 7.07. The molecule has 0 saturated carbocycles. The summed E-state index contributed by atoms with van der Waals surface area (Å²) in [5.74, 6) is 0. The second-order valence-corrected chi connectivity index (χ2v) is 3.33. The lowest BCUT2D eigenvalue weighted by Gasteiger charge is -2.10. The molecule has 0 radical (unpaired) electrons. The summed E-state index contributed by atoms with van der Waals surface area (Å²) >= 11 is 1.47. The van der Waals surface area contributed by atoms with Crippen LogP contribution in [0.3, 0.4) is 0 Å². The number of hydrogen-bond donors (Lipinski definition) is 0. The molecule has 1 unspecified atom stereocenters. The first-order valence-electron chi connectivity index (χ1n) is 3.67. The Labute approximate surface area is 75.6 Å². The molecule has 0 spiro atoms. The fourth-order valence-corrected chi connectivity index (χ4v) is 1.36. The van der Waals surface area contributed by atoms with Crippen molar-refractivity contribution in [2.24, 2.45) is 0 Å². The van der Waals surface area contributed by atoms with E-state index in [4.69, 9.17) is 10.00 Å². The van der Waals surface area contributed by atoms with Gasteiger partial charge in [0.25, 0.3) is 0 Å². The van der Waals surface area contributed by atoms with Gasteiger partial charge in [0.05, 0.1) is 17.3 Å². The molecule has 0 aliphatic heterocycles. The van der Waals surface area contributed by atoms with E-state index in [2.05, 4.69) is 11.1 Å². The van der Waals surface area contributed by atoms with Crippen molar-refractivity contribution in [3.63, 3.8) is 0 Å². The van der Waals surface area contributed by atoms with E-state index in [0.717, 1.165) is 0 Å². The molecule has 1 rings (SSSR count). The molecule has 0 aliphatic carbocycles. The first kappa shape index (κ1) is 9.17. The zero-order valence-electron chi connectivity index (χ0n) is 7.02. The summed E-state index contributed by atoms with van der Waals surface area (Å²) in [4.78, 5) is 4.01. The lowest BCUT2D eigenvalue weighted by molar-refractivity contribution is 0.0372. The summed E-state index contributed by atoms with van der Waals surface area (Å²) < 4.78 is 5.33. The fraction of sp³-hybridized carbons (Fsp3) is 0.500. The Morgan fingerprint density at radius 3 is 2.83 bits per heavy atom. The summed E-state index contributed by atoms with van der Waals surface area (Å²) in [6.07, 6.45) is -0.465. The molecule has 4 heteroatoms. The quantitative estimate of drug-likeness (QED) is 0.719. The summed E-state index contributed by atoms with van der Waals surface area (Å²) in [6.45, 7) is 3.80. The predicted octanol–water partition coefficient (Wildman–Crippen LogP) is 2.13. The van der Waals surface area contributed by atoms with Crippen molar-refractivity contribution in [3.8, 4) is 6.07 Å². The Bertz CT molecular complexity index is 263. The van der Waals surface area contributed by atoms with Gasteiger partial charge in [-0.25, -0.2) is 4.98 Å². The minimum Gasteiger partial charge on any atom is -0.354 e. The van der Waals surface area contributed by atoms with Crippen molar-refractivity contribution in [2.75, 3.05) is 0 Å². The topological polar surface area (TPSA) is 45.9 Å². The number of nitriles is 1. The standard InChI is InChI=1S/C8H10N2OS/c1-6(2)11-8(3-9)7-4-12-5-10-7/h4-6,8H,1-2H3. The van der Waals surface area contributed by atoms with Gasteiger partial charge in [-0.2, -0.15) is 5.26 Å². The number of aromatic nitrogens is 1. The van der Waals surface area contributed by atoms with Crippen molar-refractivity contribution in [1.29, 1.82) is 5.26 Å². The molecule has 1 aromatic rings. The molecule has 64 valence electrons. The molecule has 0 aliphatic rings. The maximum Gasteiger partial charge on any atom is 0.186 e. The first-order chi connectivity index (χ1) is 5.74. The number of nitrogens with zero attached hydrogens (tertiary/aromatic N) is 2. The average molecular weight is 182 g/mol. The normalized spacial score (nSPS) is 12.8. The number of ether oxygens (including phenoxy) is 1. The lowest BCUT2D eigenvalue weighted by atomic mass is 10.3. The minimum absolute atomic E-state index is 0.0522. The summed E-state index contributed by atoms with van der Waals surface area (Å²) in [6, 6.07) is 2.06. The predicted molar refractivity (Wildman–Crippen MR) is 46.7 cm³/mol. The zero-order chi connectivity index (χ0) is 8.97. The Hall–Kier alpha value is -0.920. The molecule has 0 fully saturated rings. The summed E-state index contributed by atoms with van der Waals surface area (Å²) in [5, 5.41) is 10.6. The van der Waals surface area contributed by atoms with Crippen LogP contribution in [0.15, 0.2) is 10.9 Å². The molecule has 1 heterocycles. The molecule has 3 nitrogen and oxygen atoms in total. The van der Waals surface area contributed by atoms with E-state index in [9.17, 15) is 0 Å². The molecule has 1 atom stereocenters. The van der Waals surface area contributed by atoms with Crippen LogP contribution in [0, 0.1) is 11.3 Å². The van der Waals surface area contributed by atoms with Gasteiger partial charge < -0.3 is 4.74 Å². The third kappa shape index (κ3) is 2.29. The molecule has 0 N–H and O–H groups in total. The average Bonchev–Trinajstić information content (AvgIpc) is 2.51. The van der Waals surface area contributed by atoms with Gasteiger partial charge in [0.2, 0.25) is 0 Å². The van der Waals surface area contributed by atoms with Gasteiger partial charge in [-0.05, 0) is 13.8 Å². The van der Waals surface area contributed by atoms with Crippen LogP contribution in [0.4, 0.5) is 0 Å². The SMILES string of the molecule is CC(C)OC(C#N)c1cscn1. The summed E-state index contributed by atoms with van der Waals surface area (Å²) in [7, 11) is 0. The molecule has 0 saturated heterocycles. The Morgan fingerprint density at radius 1 is 1.67 bits per heavy atom. The Balaban J connectivity index is 2.65. The van der Waals surface area contributed by atoms with Gasteiger partial charge in [0, 0.05) is 5.38 Å². The third-order valence-corrected chi connectivity index (χ3v) is 1.85. The molecule has 0 amide bonds. The van der Waals surface area contributed by atoms with E-state index in [1.165, 1.54) is 11.3 Å². The molecular formula is C8H10N2OS. The van der Waals surface area contributed by atoms with E-state index in [0.29, 0.717) is 5.69 Å². The van der Waals surface area contributed by atoms with Crippen molar-refractivity contribution < 1.29 is 4.74 Å². The lowest BCUT2D eigenvalue weighted by Crippen LogP contribution is -2.08. The highest BCUT2D eigenvalue weighted by Crippen LogP contribution is 2.17. The van der Waals surface area contributed by atoms with Gasteiger partial charge in [0.1, 0.15) is 6.07 Å². The molecule has 12 heavy (non-hydrogen) atoms. The van der Waals surface area contributed by atoms with Crippen LogP contribution in [0.5, 0.6) is 0 Å². The molecule has 1 aromatic heterocycles. The second-order valence-electron chi connectivity index (χ2n) is 2.61. The maximum absolute atomic E-state index is 8.74. The zero-order valence-corrected chi connectivity index (χ0v) is 7.84. The number of hydrogen-bond acceptors (Lipinski definition) is 4. The van der Waals surface area contributed by atoms with E-state index in [-0.39, 0.29) is 6.10 Å². The van der Waals surface area contributed by atoms with Crippen LogP contribution in [0.25, 0.3) is 0 Å². The van der Waals surface area contributed by atoms with Crippen LogP contribution >= 0.6 is 11.3 Å². The number of rotatable bonds is 3. The van der Waals surface area contributed by atoms with Gasteiger partial charge in [-0.3, -0.25) is 0 Å². The molecule has 0 aromatic carbocycles. The van der Waals surface area contributed by atoms with Gasteiger partial charge in [-0.1, -0.05) is 0 Å². The van der Waals surface area contributed by atoms with E-state index in [1.54, 1.807) is 5.51 Å². The second kappa shape index (κ2) is 4.19. The van der Waals surface area contributed by atoms with E-state index >= 15 is 0 Å². The Morgan fingerprint density at radius 2 is 2.42 bits per heavy atom. The van der Waals surface area contributed by atoms with Crippen LogP contribution in [0.2, 0.25) is 0 Å². The largest absolute Gasteiger partial charge is 0.354 e. The van der Waals surface area contributed by atoms with Crippen molar-refractivity contribution >= 4 is 11.3 Å². The molecule has 0 bridgehead atoms. The Kier molecular flexibility index (Phi) is 3.20. The molecular weight excluding hydrogens is 172 g/mol. The summed E-state index contributed by atoms with van der Waals surface area (Å²) in [5.41, 5.74) is 2.40. The van der Waals surface area contributed by atoms with E-state index < -0.39 is 6.10 Å².